The van der Waals surface area contributed by atoms with Crippen molar-refractivity contribution in [3.05, 3.63) is 60.3 Å². The molecule has 2 aromatic heterocycles. The Morgan fingerprint density at radius 3 is 2.73 bits per heavy atom. The Balaban J connectivity index is 1.32. The SMILES string of the molecule is O=C(c1cn(CC(=O)N2C[C@@H](Cc3cnccn3)[C@H](O)C2)c2ccccc12)C1CC1. The summed E-state index contributed by atoms with van der Waals surface area (Å²) in [5.74, 6) is 0.203. The van der Waals surface area contributed by atoms with Gasteiger partial charge in [-0.1, -0.05) is 18.2 Å². The van der Waals surface area contributed by atoms with Crippen LogP contribution < -0.4 is 0 Å². The van der Waals surface area contributed by atoms with Crippen LogP contribution in [0.25, 0.3) is 10.9 Å². The Kier molecular flexibility index (Phi) is 4.83. The zero-order valence-corrected chi connectivity index (χ0v) is 16.6. The van der Waals surface area contributed by atoms with Crippen molar-refractivity contribution in [3.8, 4) is 0 Å². The number of rotatable bonds is 6. The number of likely N-dealkylation sites (tertiary alicyclic amines) is 1. The lowest BCUT2D eigenvalue weighted by molar-refractivity contribution is -0.131. The summed E-state index contributed by atoms with van der Waals surface area (Å²) in [5.41, 5.74) is 2.42. The van der Waals surface area contributed by atoms with Gasteiger partial charge in [0.2, 0.25) is 5.91 Å². The molecule has 1 aromatic carbocycles. The number of ketones is 1. The number of Topliss-reactive ketones (excluding diaryl/α,β-unsaturated/α-hetero) is 1. The van der Waals surface area contributed by atoms with E-state index in [1.54, 1.807) is 23.5 Å². The van der Waals surface area contributed by atoms with Gasteiger partial charge in [0, 0.05) is 66.2 Å². The summed E-state index contributed by atoms with van der Waals surface area (Å²) in [5, 5.41) is 11.4. The van der Waals surface area contributed by atoms with E-state index in [-0.39, 0.29) is 30.1 Å². The molecule has 2 aliphatic rings. The van der Waals surface area contributed by atoms with Crippen molar-refractivity contribution in [1.82, 2.24) is 19.4 Å². The highest BCUT2D eigenvalue weighted by molar-refractivity contribution is 6.10. The van der Waals surface area contributed by atoms with E-state index in [9.17, 15) is 14.7 Å². The van der Waals surface area contributed by atoms with Crippen LogP contribution in [0.3, 0.4) is 0 Å². The molecule has 0 bridgehead atoms. The minimum absolute atomic E-state index is 0.0538. The van der Waals surface area contributed by atoms with Gasteiger partial charge in [-0.05, 0) is 25.3 Å². The number of aromatic nitrogens is 3. The molecule has 30 heavy (non-hydrogen) atoms. The molecule has 7 nitrogen and oxygen atoms in total. The Bertz CT molecular complexity index is 1090. The number of β-amino-alcohol motifs (C(OH)–C–C–N with tert-alkyl or cyclic N) is 1. The van der Waals surface area contributed by atoms with Gasteiger partial charge in [-0.2, -0.15) is 0 Å². The highest BCUT2D eigenvalue weighted by Crippen LogP contribution is 2.35. The maximum atomic E-state index is 13.0. The fourth-order valence-electron chi connectivity index (χ4n) is 4.35. The van der Waals surface area contributed by atoms with Crippen molar-refractivity contribution in [2.45, 2.75) is 31.9 Å². The molecule has 5 rings (SSSR count). The molecule has 2 fully saturated rings. The Morgan fingerprint density at radius 2 is 1.97 bits per heavy atom. The molecule has 0 unspecified atom stereocenters. The van der Waals surface area contributed by atoms with Crippen molar-refractivity contribution in [1.29, 1.82) is 0 Å². The molecule has 0 spiro atoms. The number of nitrogens with zero attached hydrogens (tertiary/aromatic N) is 4. The Labute approximate surface area is 174 Å². The fraction of sp³-hybridized carbons (Fsp3) is 0.391. The molecule has 1 aliphatic heterocycles. The number of aliphatic hydroxyl groups excluding tert-OH is 1. The van der Waals surface area contributed by atoms with Crippen LogP contribution in [0, 0.1) is 11.8 Å². The molecule has 2 atom stereocenters. The standard InChI is InChI=1S/C23H24N4O3/c28-21-13-27(11-16(21)9-17-10-24-7-8-25-17)22(29)14-26-12-19(23(30)15-5-6-15)18-3-1-2-4-20(18)26/h1-4,7-8,10,12,15-16,21,28H,5-6,9,11,13-14H2/t16-,21-/m1/s1. The average molecular weight is 404 g/mol. The molecule has 1 aliphatic carbocycles. The number of para-hydroxylation sites is 1. The predicted molar refractivity (Wildman–Crippen MR) is 111 cm³/mol. The third-order valence-corrected chi connectivity index (χ3v) is 6.15. The van der Waals surface area contributed by atoms with E-state index in [0.29, 0.717) is 25.1 Å². The average Bonchev–Trinajstić information content (AvgIpc) is 3.47. The molecule has 1 N–H and O–H groups in total. The fourth-order valence-corrected chi connectivity index (χ4v) is 4.35. The van der Waals surface area contributed by atoms with Crippen LogP contribution in [-0.4, -0.2) is 55.4 Å². The van der Waals surface area contributed by atoms with Crippen LogP contribution in [0.4, 0.5) is 0 Å². The van der Waals surface area contributed by atoms with Crippen LogP contribution in [0.5, 0.6) is 0 Å². The molecule has 3 aromatic rings. The van der Waals surface area contributed by atoms with Gasteiger partial charge in [-0.15, -0.1) is 0 Å². The van der Waals surface area contributed by atoms with E-state index in [1.807, 2.05) is 35.0 Å². The number of benzene rings is 1. The number of hydrogen-bond donors (Lipinski definition) is 1. The highest BCUT2D eigenvalue weighted by Gasteiger charge is 2.35. The molecule has 0 radical (unpaired) electrons. The second-order valence-electron chi connectivity index (χ2n) is 8.35. The summed E-state index contributed by atoms with van der Waals surface area (Å²) in [4.78, 5) is 35.7. The second kappa shape index (κ2) is 7.65. The van der Waals surface area contributed by atoms with E-state index in [4.69, 9.17) is 0 Å². The van der Waals surface area contributed by atoms with Crippen LogP contribution in [0.1, 0.15) is 28.9 Å². The van der Waals surface area contributed by atoms with E-state index in [2.05, 4.69) is 9.97 Å². The van der Waals surface area contributed by atoms with Gasteiger partial charge in [0.25, 0.3) is 0 Å². The quantitative estimate of drug-likeness (QED) is 0.636. The number of aliphatic hydroxyl groups is 1. The monoisotopic (exact) mass is 404 g/mol. The lowest BCUT2D eigenvalue weighted by Crippen LogP contribution is -2.32. The first-order valence-corrected chi connectivity index (χ1v) is 10.4. The number of carbonyl (C=O) groups excluding carboxylic acids is 2. The van der Waals surface area contributed by atoms with Gasteiger partial charge >= 0.3 is 0 Å². The number of carbonyl (C=O) groups is 2. The smallest absolute Gasteiger partial charge is 0.242 e. The van der Waals surface area contributed by atoms with E-state index < -0.39 is 6.10 Å². The first-order chi connectivity index (χ1) is 14.6. The topological polar surface area (TPSA) is 88.3 Å². The van der Waals surface area contributed by atoms with E-state index >= 15 is 0 Å². The Morgan fingerprint density at radius 1 is 1.13 bits per heavy atom. The van der Waals surface area contributed by atoms with Gasteiger partial charge in [0.05, 0.1) is 11.8 Å². The third-order valence-electron chi connectivity index (χ3n) is 6.15. The van der Waals surface area contributed by atoms with Crippen LogP contribution in [0.15, 0.2) is 49.1 Å². The molecular formula is C23H24N4O3. The summed E-state index contributed by atoms with van der Waals surface area (Å²) in [6.45, 7) is 0.962. The first-order valence-electron chi connectivity index (χ1n) is 10.4. The predicted octanol–water partition coefficient (Wildman–Crippen LogP) is 2.09. The molecular weight excluding hydrogens is 380 g/mol. The molecule has 1 saturated carbocycles. The number of hydrogen-bond acceptors (Lipinski definition) is 5. The second-order valence-corrected chi connectivity index (χ2v) is 8.35. The normalized spacial score (nSPS) is 21.3. The van der Waals surface area contributed by atoms with Crippen molar-refractivity contribution in [3.63, 3.8) is 0 Å². The lowest BCUT2D eigenvalue weighted by Gasteiger charge is -2.17. The molecule has 154 valence electrons. The van der Waals surface area contributed by atoms with Gasteiger partial charge in [-0.3, -0.25) is 19.6 Å². The van der Waals surface area contributed by atoms with Crippen molar-refractivity contribution in [2.75, 3.05) is 13.1 Å². The lowest BCUT2D eigenvalue weighted by atomic mass is 10.0. The summed E-state index contributed by atoms with van der Waals surface area (Å²) >= 11 is 0. The van der Waals surface area contributed by atoms with Crippen LogP contribution in [-0.2, 0) is 17.8 Å². The van der Waals surface area contributed by atoms with Crippen LogP contribution in [0.2, 0.25) is 0 Å². The summed E-state index contributed by atoms with van der Waals surface area (Å²) < 4.78 is 1.87. The zero-order chi connectivity index (χ0) is 20.7. The van der Waals surface area contributed by atoms with E-state index in [0.717, 1.165) is 29.4 Å². The largest absolute Gasteiger partial charge is 0.391 e. The minimum Gasteiger partial charge on any atom is -0.391 e. The minimum atomic E-state index is -0.579. The van der Waals surface area contributed by atoms with Crippen molar-refractivity contribution in [2.24, 2.45) is 11.8 Å². The zero-order valence-electron chi connectivity index (χ0n) is 16.6. The van der Waals surface area contributed by atoms with Gasteiger partial charge in [-0.25, -0.2) is 0 Å². The number of fused-ring (bicyclic) bond motifs is 1. The Hall–Kier alpha value is -3.06. The molecule has 1 saturated heterocycles. The van der Waals surface area contributed by atoms with Crippen molar-refractivity contribution < 1.29 is 14.7 Å². The maximum Gasteiger partial charge on any atom is 0.242 e. The summed E-state index contributed by atoms with van der Waals surface area (Å²) in [7, 11) is 0. The van der Waals surface area contributed by atoms with Crippen molar-refractivity contribution >= 4 is 22.6 Å². The van der Waals surface area contributed by atoms with Gasteiger partial charge < -0.3 is 14.6 Å². The summed E-state index contributed by atoms with van der Waals surface area (Å²) in [6, 6.07) is 7.74. The van der Waals surface area contributed by atoms with Gasteiger partial charge in [0.1, 0.15) is 6.54 Å². The molecule has 7 heteroatoms. The first kappa shape index (κ1) is 18.9. The molecule has 3 heterocycles. The highest BCUT2D eigenvalue weighted by atomic mass is 16.3. The van der Waals surface area contributed by atoms with Gasteiger partial charge in [0.15, 0.2) is 5.78 Å². The third kappa shape index (κ3) is 3.61. The molecule has 1 amide bonds. The van der Waals surface area contributed by atoms with Crippen LogP contribution >= 0.6 is 0 Å². The number of amides is 1. The summed E-state index contributed by atoms with van der Waals surface area (Å²) in [6.07, 6.45) is 8.70. The maximum absolute atomic E-state index is 13.0. The van der Waals surface area contributed by atoms with E-state index in [1.165, 1.54) is 0 Å².